The van der Waals surface area contributed by atoms with Crippen LogP contribution in [0, 0.1) is 0 Å². The van der Waals surface area contributed by atoms with Crippen molar-refractivity contribution in [2.75, 3.05) is 18.5 Å². The number of anilines is 1. The van der Waals surface area contributed by atoms with Crippen LogP contribution in [0.5, 0.6) is 0 Å². The number of halogens is 5. The molecule has 1 amide bonds. The summed E-state index contributed by atoms with van der Waals surface area (Å²) in [7, 11) is 0. The maximum Gasteiger partial charge on any atom is 0.426 e. The molecule has 1 aromatic heterocycles. The van der Waals surface area contributed by atoms with E-state index in [-0.39, 0.29) is 34.8 Å². The molecular weight excluding hydrogens is 486 g/mol. The van der Waals surface area contributed by atoms with Gasteiger partial charge in [0.05, 0.1) is 41.4 Å². The largest absolute Gasteiger partial charge is 0.426 e. The molecule has 1 aliphatic rings. The van der Waals surface area contributed by atoms with Gasteiger partial charge in [-0.3, -0.25) is 0 Å². The minimum atomic E-state index is -4.54. The molecule has 8 nitrogen and oxygen atoms in total. The lowest BCUT2D eigenvalue weighted by molar-refractivity contribution is -0.142. The number of benzene rings is 1. The van der Waals surface area contributed by atoms with E-state index in [2.05, 4.69) is 20.6 Å². The van der Waals surface area contributed by atoms with E-state index in [1.165, 1.54) is 23.3 Å². The van der Waals surface area contributed by atoms with Crippen LogP contribution in [0.2, 0.25) is 10.0 Å². The van der Waals surface area contributed by atoms with Crippen molar-refractivity contribution in [3.05, 3.63) is 51.3 Å². The van der Waals surface area contributed by atoms with Gasteiger partial charge in [0.25, 0.3) is 0 Å². The zero-order valence-electron chi connectivity index (χ0n) is 17.5. The molecule has 1 aliphatic heterocycles. The number of nitrogens with zero attached hydrogens (tertiary/aromatic N) is 3. The van der Waals surface area contributed by atoms with E-state index in [9.17, 15) is 18.0 Å². The van der Waals surface area contributed by atoms with Crippen molar-refractivity contribution in [1.82, 2.24) is 20.3 Å². The van der Waals surface area contributed by atoms with Crippen LogP contribution in [-0.2, 0) is 17.8 Å². The number of carbonyl (C=O) groups is 1. The van der Waals surface area contributed by atoms with Crippen LogP contribution in [0.15, 0.2) is 24.4 Å². The Morgan fingerprint density at radius 3 is 2.76 bits per heavy atom. The van der Waals surface area contributed by atoms with E-state index in [0.717, 1.165) is 5.56 Å². The topological polar surface area (TPSA) is 99.6 Å². The summed E-state index contributed by atoms with van der Waals surface area (Å²) in [5.74, 6) is 0.312. The van der Waals surface area contributed by atoms with Gasteiger partial charge in [-0.15, -0.1) is 5.06 Å². The third-order valence-corrected chi connectivity index (χ3v) is 5.58. The van der Waals surface area contributed by atoms with Gasteiger partial charge in [0.1, 0.15) is 0 Å². The number of hydrogen-bond donors (Lipinski definition) is 3. The van der Waals surface area contributed by atoms with Gasteiger partial charge < -0.3 is 20.6 Å². The highest BCUT2D eigenvalue weighted by atomic mass is 35.5. The van der Waals surface area contributed by atoms with Gasteiger partial charge in [0, 0.05) is 18.8 Å². The van der Waals surface area contributed by atoms with Gasteiger partial charge in [-0.2, -0.15) is 13.2 Å². The van der Waals surface area contributed by atoms with Gasteiger partial charge in [0.15, 0.2) is 0 Å². The number of fused-ring (bicyclic) bond motifs is 1. The average molecular weight is 508 g/mol. The minimum absolute atomic E-state index is 0.0729. The zero-order valence-corrected chi connectivity index (χ0v) is 19.0. The molecule has 3 N–H and O–H groups in total. The van der Waals surface area contributed by atoms with E-state index in [0.29, 0.717) is 24.6 Å². The molecule has 0 saturated heterocycles. The fourth-order valence-corrected chi connectivity index (χ4v) is 3.50. The zero-order chi connectivity index (χ0) is 24.2. The van der Waals surface area contributed by atoms with Crippen molar-refractivity contribution in [2.24, 2.45) is 0 Å². The van der Waals surface area contributed by atoms with Crippen molar-refractivity contribution >= 4 is 35.2 Å². The SMILES string of the molecule is C[C@@H](CO)Nc1ncc2c(n1)CN(OC(=O)N[C@H](CC(F)(F)F)c1ccc(Cl)c(Cl)c1)CC2. The molecule has 0 unspecified atom stereocenters. The lowest BCUT2D eigenvalue weighted by atomic mass is 10.0. The first-order chi connectivity index (χ1) is 15.5. The Morgan fingerprint density at radius 1 is 1.33 bits per heavy atom. The first-order valence-electron chi connectivity index (χ1n) is 10.0. The summed E-state index contributed by atoms with van der Waals surface area (Å²) in [5, 5.41) is 15.9. The molecule has 3 rings (SSSR count). The van der Waals surface area contributed by atoms with Crippen LogP contribution in [0.3, 0.4) is 0 Å². The van der Waals surface area contributed by atoms with E-state index >= 15 is 0 Å². The number of amides is 1. The highest BCUT2D eigenvalue weighted by molar-refractivity contribution is 6.42. The first kappa shape index (κ1) is 25.3. The Kier molecular flexibility index (Phi) is 8.22. The lowest BCUT2D eigenvalue weighted by Crippen LogP contribution is -2.39. The van der Waals surface area contributed by atoms with Gasteiger partial charge in [-0.05, 0) is 36.6 Å². The standard InChI is InChI=1S/C20H22Cl2F3N5O3/c1-11(10-31)27-18-26-8-13-4-5-30(9-17(13)28-18)33-19(32)29-16(7-20(23,24)25)12-2-3-14(21)15(22)6-12/h2-3,6,8,11,16,31H,4-5,7,9-10H2,1H3,(H,29,32)(H,26,27,28)/t11-,16+/m0/s1. The second-order valence-electron chi connectivity index (χ2n) is 7.58. The maximum atomic E-state index is 13.1. The first-order valence-corrected chi connectivity index (χ1v) is 10.8. The highest BCUT2D eigenvalue weighted by Gasteiger charge is 2.34. The Labute approximate surface area is 198 Å². The van der Waals surface area contributed by atoms with E-state index in [4.69, 9.17) is 33.1 Å². The molecule has 13 heteroatoms. The summed E-state index contributed by atoms with van der Waals surface area (Å²) < 4.78 is 39.3. The summed E-state index contributed by atoms with van der Waals surface area (Å²) in [6, 6.07) is 2.33. The average Bonchev–Trinajstić information content (AvgIpc) is 2.74. The quantitative estimate of drug-likeness (QED) is 0.514. The number of rotatable bonds is 7. The normalized spacial score (nSPS) is 16.0. The number of aliphatic hydroxyl groups excluding tert-OH is 1. The Balaban J connectivity index is 1.67. The van der Waals surface area contributed by atoms with Crippen LogP contribution in [0.4, 0.5) is 23.9 Å². The molecule has 2 heterocycles. The predicted octanol–water partition coefficient (Wildman–Crippen LogP) is 4.27. The number of alkyl halides is 3. The Morgan fingerprint density at radius 2 is 2.09 bits per heavy atom. The predicted molar refractivity (Wildman–Crippen MR) is 116 cm³/mol. The van der Waals surface area contributed by atoms with Crippen molar-refractivity contribution in [3.63, 3.8) is 0 Å². The molecule has 0 aliphatic carbocycles. The summed E-state index contributed by atoms with van der Waals surface area (Å²) in [4.78, 5) is 26.2. The third kappa shape index (κ3) is 7.32. The number of aliphatic hydroxyl groups is 1. The van der Waals surface area contributed by atoms with Gasteiger partial charge in [-0.1, -0.05) is 29.3 Å². The van der Waals surface area contributed by atoms with Crippen molar-refractivity contribution in [1.29, 1.82) is 0 Å². The molecule has 2 aromatic rings. The molecule has 33 heavy (non-hydrogen) atoms. The van der Waals surface area contributed by atoms with Crippen LogP contribution >= 0.6 is 23.2 Å². The molecule has 0 bridgehead atoms. The van der Waals surface area contributed by atoms with E-state index < -0.39 is 24.7 Å². The molecule has 180 valence electrons. The number of nitrogens with one attached hydrogen (secondary N) is 2. The summed E-state index contributed by atoms with van der Waals surface area (Å²) in [5.41, 5.74) is 1.61. The maximum absolute atomic E-state index is 13.1. The van der Waals surface area contributed by atoms with Crippen LogP contribution in [0.1, 0.15) is 36.2 Å². The monoisotopic (exact) mass is 507 g/mol. The number of aromatic nitrogens is 2. The van der Waals surface area contributed by atoms with Crippen molar-refractivity contribution in [2.45, 2.75) is 44.6 Å². The molecule has 1 aromatic carbocycles. The lowest BCUT2D eigenvalue weighted by Gasteiger charge is -2.28. The number of hydrogen-bond acceptors (Lipinski definition) is 7. The van der Waals surface area contributed by atoms with E-state index in [1.807, 2.05) is 0 Å². The summed E-state index contributed by atoms with van der Waals surface area (Å²) >= 11 is 11.8. The van der Waals surface area contributed by atoms with Gasteiger partial charge in [0.2, 0.25) is 5.95 Å². The molecule has 0 radical (unpaired) electrons. The molecule has 2 atom stereocenters. The van der Waals surface area contributed by atoms with Gasteiger partial charge in [-0.25, -0.2) is 14.8 Å². The van der Waals surface area contributed by atoms with Crippen LogP contribution in [-0.4, -0.2) is 51.6 Å². The van der Waals surface area contributed by atoms with Crippen molar-refractivity contribution in [3.8, 4) is 0 Å². The highest BCUT2D eigenvalue weighted by Crippen LogP contribution is 2.32. The Hall–Kier alpha value is -2.34. The minimum Gasteiger partial charge on any atom is -0.394 e. The third-order valence-electron chi connectivity index (χ3n) is 4.85. The summed E-state index contributed by atoms with van der Waals surface area (Å²) in [6.45, 7) is 2.10. The fourth-order valence-electron chi connectivity index (χ4n) is 3.19. The Bertz CT molecular complexity index is 996. The molecule has 0 fully saturated rings. The second kappa shape index (κ2) is 10.7. The van der Waals surface area contributed by atoms with Crippen LogP contribution in [0.25, 0.3) is 0 Å². The van der Waals surface area contributed by atoms with Gasteiger partial charge >= 0.3 is 12.3 Å². The number of hydroxylamine groups is 2. The molecule has 0 saturated carbocycles. The van der Waals surface area contributed by atoms with E-state index in [1.54, 1.807) is 13.1 Å². The fraction of sp³-hybridized carbons (Fsp3) is 0.450. The molecular formula is C20H22Cl2F3N5O3. The second-order valence-corrected chi connectivity index (χ2v) is 8.39. The number of carbonyl (C=O) groups excluding carboxylic acids is 1. The summed E-state index contributed by atoms with van der Waals surface area (Å²) in [6.07, 6.45) is -4.76. The van der Waals surface area contributed by atoms with Crippen LogP contribution < -0.4 is 10.6 Å². The molecule has 0 spiro atoms. The van der Waals surface area contributed by atoms with Crippen molar-refractivity contribution < 1.29 is 27.9 Å². The smallest absolute Gasteiger partial charge is 0.394 e.